The van der Waals surface area contributed by atoms with Crippen LogP contribution >= 0.6 is 11.6 Å². The van der Waals surface area contributed by atoms with Crippen molar-refractivity contribution in [2.75, 3.05) is 11.9 Å². The van der Waals surface area contributed by atoms with Crippen LogP contribution in [0, 0.1) is 0 Å². The van der Waals surface area contributed by atoms with Crippen LogP contribution in [0.2, 0.25) is 5.02 Å². The first-order chi connectivity index (χ1) is 19.3. The molecule has 40 heavy (non-hydrogen) atoms. The van der Waals surface area contributed by atoms with E-state index >= 15 is 0 Å². The molecule has 8 nitrogen and oxygen atoms in total. The molecule has 0 fully saturated rings. The minimum atomic E-state index is -0.273. The van der Waals surface area contributed by atoms with Crippen molar-refractivity contribution >= 4 is 29.0 Å². The van der Waals surface area contributed by atoms with Crippen LogP contribution in [-0.2, 0) is 5.41 Å². The number of nitrogens with zero attached hydrogens (tertiary/aromatic N) is 3. The van der Waals surface area contributed by atoms with Crippen molar-refractivity contribution in [1.29, 1.82) is 0 Å². The zero-order valence-electron chi connectivity index (χ0n) is 24.0. The summed E-state index contributed by atoms with van der Waals surface area (Å²) in [5.41, 5.74) is 2.50. The Morgan fingerprint density at radius 3 is 2.35 bits per heavy atom. The molecule has 2 heterocycles. The summed E-state index contributed by atoms with van der Waals surface area (Å²) in [5.74, 6) is 1.79. The molecular formula is C31H41ClN6O2. The fraction of sp³-hybridized carbons (Fsp3) is 0.452. The lowest BCUT2D eigenvalue weighted by Gasteiger charge is -2.15. The lowest BCUT2D eigenvalue weighted by atomic mass is 9.92. The summed E-state index contributed by atoms with van der Waals surface area (Å²) in [4.78, 5) is 16.1. The molecule has 0 saturated heterocycles. The van der Waals surface area contributed by atoms with E-state index in [0.29, 0.717) is 40.2 Å². The van der Waals surface area contributed by atoms with Gasteiger partial charge < -0.3 is 20.4 Å². The van der Waals surface area contributed by atoms with Crippen molar-refractivity contribution in [3.63, 3.8) is 0 Å². The number of H-pyrrole nitrogens is 1. The van der Waals surface area contributed by atoms with E-state index in [2.05, 4.69) is 53.5 Å². The van der Waals surface area contributed by atoms with Gasteiger partial charge in [0.25, 0.3) is 0 Å². The summed E-state index contributed by atoms with van der Waals surface area (Å²) < 4.78 is 7.63. The Morgan fingerprint density at radius 1 is 0.975 bits per heavy atom. The molecule has 4 rings (SSSR count). The molecule has 0 aliphatic heterocycles. The van der Waals surface area contributed by atoms with Gasteiger partial charge >= 0.3 is 6.03 Å². The highest BCUT2D eigenvalue weighted by Gasteiger charge is 2.25. The van der Waals surface area contributed by atoms with Crippen molar-refractivity contribution in [1.82, 2.24) is 25.1 Å². The van der Waals surface area contributed by atoms with Gasteiger partial charge in [0.2, 0.25) is 0 Å². The number of carbonyl (C=O) groups excluding carboxylic acids is 1. The Bertz CT molecular complexity index is 1390. The number of halogens is 1. The van der Waals surface area contributed by atoms with Gasteiger partial charge in [0.15, 0.2) is 17.2 Å². The van der Waals surface area contributed by atoms with Crippen LogP contribution in [0.5, 0.6) is 11.5 Å². The first kappa shape index (κ1) is 29.5. The van der Waals surface area contributed by atoms with Crippen LogP contribution in [0.3, 0.4) is 0 Å². The monoisotopic (exact) mass is 564 g/mol. The average molecular weight is 565 g/mol. The average Bonchev–Trinajstić information content (AvgIpc) is 3.48. The second kappa shape index (κ2) is 13.7. The largest absolute Gasteiger partial charge is 0.455 e. The maximum atomic E-state index is 12.8. The van der Waals surface area contributed by atoms with Crippen LogP contribution in [0.15, 0.2) is 48.5 Å². The number of anilines is 1. The van der Waals surface area contributed by atoms with Crippen molar-refractivity contribution < 1.29 is 9.53 Å². The molecule has 0 aliphatic carbocycles. The van der Waals surface area contributed by atoms with Crippen molar-refractivity contribution in [2.45, 2.75) is 84.5 Å². The molecule has 0 unspecified atom stereocenters. The van der Waals surface area contributed by atoms with Gasteiger partial charge in [-0.25, -0.2) is 4.79 Å². The summed E-state index contributed by atoms with van der Waals surface area (Å²) in [6.45, 7) is 9.04. The zero-order chi connectivity index (χ0) is 28.5. The quantitative estimate of drug-likeness (QED) is 0.141. The number of rotatable bonds is 13. The third-order valence-corrected chi connectivity index (χ3v) is 7.10. The number of hydrogen-bond donors (Lipinski definition) is 3. The molecule has 214 valence electrons. The number of hydrogen-bond acceptors (Lipinski definition) is 4. The maximum Gasteiger partial charge on any atom is 0.319 e. The molecule has 0 bridgehead atoms. The third-order valence-electron chi connectivity index (χ3n) is 6.74. The second-order valence-corrected chi connectivity index (χ2v) is 11.6. The van der Waals surface area contributed by atoms with Crippen LogP contribution in [0.25, 0.3) is 17.0 Å². The highest BCUT2D eigenvalue weighted by Crippen LogP contribution is 2.35. The lowest BCUT2D eigenvalue weighted by Crippen LogP contribution is -2.29. The number of amides is 2. The van der Waals surface area contributed by atoms with Crippen molar-refractivity contribution in [3.8, 4) is 22.9 Å². The second-order valence-electron chi connectivity index (χ2n) is 11.2. The van der Waals surface area contributed by atoms with Gasteiger partial charge in [-0.1, -0.05) is 102 Å². The molecular weight excluding hydrogens is 524 g/mol. The van der Waals surface area contributed by atoms with Crippen LogP contribution < -0.4 is 15.4 Å². The normalized spacial score (nSPS) is 11.6. The smallest absolute Gasteiger partial charge is 0.319 e. The molecule has 0 radical (unpaired) electrons. The van der Waals surface area contributed by atoms with Gasteiger partial charge in [-0.15, -0.1) is 9.73 Å². The molecule has 0 atom stereocenters. The molecule has 9 heteroatoms. The van der Waals surface area contributed by atoms with Gasteiger partial charge in [0.05, 0.1) is 11.4 Å². The van der Waals surface area contributed by atoms with Gasteiger partial charge in [-0.2, -0.15) is 5.10 Å². The number of carbonyl (C=O) groups is 1. The molecule has 3 N–H and O–H groups in total. The Hall–Kier alpha value is -3.52. The van der Waals surface area contributed by atoms with Gasteiger partial charge in [-0.05, 0) is 36.8 Å². The molecule has 2 aromatic carbocycles. The Kier molecular flexibility index (Phi) is 10.1. The van der Waals surface area contributed by atoms with Crippen molar-refractivity contribution in [3.05, 3.63) is 59.2 Å². The summed E-state index contributed by atoms with van der Waals surface area (Å²) in [7, 11) is 0. The molecule has 4 aromatic rings. The summed E-state index contributed by atoms with van der Waals surface area (Å²) in [5, 5.41) is 15.7. The van der Waals surface area contributed by atoms with E-state index in [0.717, 1.165) is 24.1 Å². The van der Waals surface area contributed by atoms with E-state index in [1.807, 2.05) is 48.5 Å². The number of urea groups is 1. The highest BCUT2D eigenvalue weighted by atomic mass is 35.5. The first-order valence-corrected chi connectivity index (χ1v) is 14.7. The van der Waals surface area contributed by atoms with E-state index in [9.17, 15) is 4.79 Å². The Labute approximate surface area is 241 Å². The van der Waals surface area contributed by atoms with Crippen LogP contribution in [-0.4, -0.2) is 32.4 Å². The maximum absolute atomic E-state index is 12.8. The van der Waals surface area contributed by atoms with E-state index in [1.54, 1.807) is 0 Å². The fourth-order valence-electron chi connectivity index (χ4n) is 4.51. The molecule has 2 aromatic heterocycles. The third kappa shape index (κ3) is 7.78. The van der Waals surface area contributed by atoms with Gasteiger partial charge in [0.1, 0.15) is 10.8 Å². The predicted octanol–water partition coefficient (Wildman–Crippen LogP) is 8.73. The number of aromatic nitrogens is 4. The van der Waals surface area contributed by atoms with E-state index in [1.165, 1.54) is 43.2 Å². The van der Waals surface area contributed by atoms with Crippen LogP contribution in [0.4, 0.5) is 10.5 Å². The minimum absolute atomic E-state index is 0.207. The Morgan fingerprint density at radius 2 is 1.68 bits per heavy atom. The number of fused-ring (bicyclic) bond motifs is 1. The van der Waals surface area contributed by atoms with E-state index < -0.39 is 0 Å². The predicted molar refractivity (Wildman–Crippen MR) is 163 cm³/mol. The minimum Gasteiger partial charge on any atom is -0.455 e. The Balaban J connectivity index is 1.45. The van der Waals surface area contributed by atoms with Crippen LogP contribution in [0.1, 0.15) is 84.8 Å². The van der Waals surface area contributed by atoms with Gasteiger partial charge in [-0.3, -0.25) is 0 Å². The number of aromatic amines is 1. The van der Waals surface area contributed by atoms with E-state index in [4.69, 9.17) is 16.3 Å². The summed E-state index contributed by atoms with van der Waals surface area (Å²) >= 11 is 6.63. The van der Waals surface area contributed by atoms with E-state index in [-0.39, 0.29) is 11.4 Å². The fourth-order valence-corrected chi connectivity index (χ4v) is 4.96. The lowest BCUT2D eigenvalue weighted by molar-refractivity contribution is 0.251. The topological polar surface area (TPSA) is 96.3 Å². The molecule has 2 amide bonds. The summed E-state index contributed by atoms with van der Waals surface area (Å²) in [6.07, 6.45) is 9.74. The zero-order valence-corrected chi connectivity index (χ0v) is 24.8. The van der Waals surface area contributed by atoms with Gasteiger partial charge in [0, 0.05) is 17.5 Å². The first-order valence-electron chi connectivity index (χ1n) is 14.3. The molecule has 0 saturated carbocycles. The number of para-hydroxylation sites is 1. The number of nitrogens with one attached hydrogen (secondary N) is 3. The summed E-state index contributed by atoms with van der Waals surface area (Å²) in [6, 6.07) is 14.8. The molecule has 0 aliphatic rings. The van der Waals surface area contributed by atoms with Crippen molar-refractivity contribution in [2.24, 2.45) is 0 Å². The number of unbranched alkanes of at least 4 members (excludes halogenated alkanes) is 7. The SMILES string of the molecule is CCCCCCCCCCNC(=O)Nc1cc(-c2nn3nc(C(C)(C)C)c(Cl)c3[nH]2)ccc1Oc1ccccc1. The number of ether oxygens (including phenoxy) is 1. The molecule has 0 spiro atoms. The highest BCUT2D eigenvalue weighted by molar-refractivity contribution is 6.34. The standard InChI is InChI=1S/C31H41ClN6O2/c1-5-6-7-8-9-10-11-15-20-33-30(39)34-24-21-22(18-19-25(24)40-23-16-13-12-14-17-23)28-35-29-26(32)27(31(2,3)4)36-38(29)37-28/h12-14,16-19,21H,5-11,15,20H2,1-4H3,(H,35,37)(H2,33,34,39). The number of benzene rings is 2.